The summed E-state index contributed by atoms with van der Waals surface area (Å²) in [5.74, 6) is 0.515. The van der Waals surface area contributed by atoms with E-state index in [4.69, 9.17) is 5.73 Å². The van der Waals surface area contributed by atoms with Crippen molar-refractivity contribution in [2.24, 2.45) is 10.7 Å². The fourth-order valence-electron chi connectivity index (χ4n) is 2.53. The smallest absolute Gasteiger partial charge is 0.188 e. The SMILES string of the molecule is CCN(CC)Cc1cccc(CN=C(N)NCCc2cccs2)c1. The lowest BCUT2D eigenvalue weighted by Gasteiger charge is -2.18. The average Bonchev–Trinajstić information content (AvgIpc) is 3.11. The highest BCUT2D eigenvalue weighted by Gasteiger charge is 2.02. The molecule has 1 aromatic heterocycles. The van der Waals surface area contributed by atoms with Gasteiger partial charge in [-0.15, -0.1) is 11.3 Å². The highest BCUT2D eigenvalue weighted by Crippen LogP contribution is 2.10. The van der Waals surface area contributed by atoms with Crippen molar-refractivity contribution in [3.8, 4) is 0 Å². The van der Waals surface area contributed by atoms with Crippen molar-refractivity contribution in [2.75, 3.05) is 19.6 Å². The summed E-state index contributed by atoms with van der Waals surface area (Å²) >= 11 is 1.77. The maximum atomic E-state index is 5.96. The number of nitrogens with two attached hydrogens (primary N) is 1. The Kier molecular flexibility index (Phi) is 7.79. The number of nitrogens with one attached hydrogen (secondary N) is 1. The summed E-state index contributed by atoms with van der Waals surface area (Å²) in [5.41, 5.74) is 8.48. The minimum Gasteiger partial charge on any atom is -0.370 e. The maximum absolute atomic E-state index is 5.96. The molecule has 4 nitrogen and oxygen atoms in total. The number of nitrogens with zero attached hydrogens (tertiary/aromatic N) is 2. The second-order valence-electron chi connectivity index (χ2n) is 5.74. The van der Waals surface area contributed by atoms with E-state index in [0.29, 0.717) is 12.5 Å². The molecule has 0 aliphatic carbocycles. The Morgan fingerprint density at radius 3 is 2.67 bits per heavy atom. The van der Waals surface area contributed by atoms with Gasteiger partial charge in [-0.2, -0.15) is 0 Å². The van der Waals surface area contributed by atoms with Crippen LogP contribution in [0.3, 0.4) is 0 Å². The van der Waals surface area contributed by atoms with Crippen molar-refractivity contribution in [2.45, 2.75) is 33.4 Å². The van der Waals surface area contributed by atoms with Gasteiger partial charge < -0.3 is 11.1 Å². The first-order valence-electron chi connectivity index (χ1n) is 8.57. The summed E-state index contributed by atoms with van der Waals surface area (Å²) in [7, 11) is 0. The van der Waals surface area contributed by atoms with E-state index < -0.39 is 0 Å². The molecule has 0 amide bonds. The highest BCUT2D eigenvalue weighted by molar-refractivity contribution is 7.09. The molecule has 2 aromatic rings. The van der Waals surface area contributed by atoms with Crippen molar-refractivity contribution in [1.29, 1.82) is 0 Å². The van der Waals surface area contributed by atoms with Gasteiger partial charge >= 0.3 is 0 Å². The third-order valence-corrected chi connectivity index (χ3v) is 4.92. The zero-order valence-electron chi connectivity index (χ0n) is 14.7. The first-order valence-corrected chi connectivity index (χ1v) is 9.45. The Bertz CT molecular complexity index is 618. The molecule has 0 bridgehead atoms. The third-order valence-electron chi connectivity index (χ3n) is 3.98. The number of guanidine groups is 1. The predicted octanol–water partition coefficient (Wildman–Crippen LogP) is 3.24. The molecule has 0 aliphatic heterocycles. The first-order chi connectivity index (χ1) is 11.7. The van der Waals surface area contributed by atoms with Crippen LogP contribution in [0.15, 0.2) is 46.8 Å². The van der Waals surface area contributed by atoms with E-state index in [9.17, 15) is 0 Å². The van der Waals surface area contributed by atoms with Crippen LogP contribution in [0.1, 0.15) is 29.9 Å². The Balaban J connectivity index is 1.81. The molecule has 2 rings (SSSR count). The molecule has 24 heavy (non-hydrogen) atoms. The Hall–Kier alpha value is -1.85. The normalized spacial score (nSPS) is 11.9. The van der Waals surface area contributed by atoms with Gasteiger partial charge in [-0.05, 0) is 42.1 Å². The van der Waals surface area contributed by atoms with Crippen molar-refractivity contribution < 1.29 is 0 Å². The molecular formula is C19H28N4S. The lowest BCUT2D eigenvalue weighted by atomic mass is 10.1. The number of hydrogen-bond donors (Lipinski definition) is 2. The number of rotatable bonds is 9. The molecule has 1 aromatic carbocycles. The molecular weight excluding hydrogens is 316 g/mol. The number of hydrogen-bond acceptors (Lipinski definition) is 3. The molecule has 130 valence electrons. The van der Waals surface area contributed by atoms with Crippen LogP contribution in [-0.4, -0.2) is 30.5 Å². The van der Waals surface area contributed by atoms with Crippen LogP contribution >= 0.6 is 11.3 Å². The maximum Gasteiger partial charge on any atom is 0.188 e. The van der Waals surface area contributed by atoms with E-state index in [1.165, 1.54) is 16.0 Å². The number of benzene rings is 1. The van der Waals surface area contributed by atoms with Crippen LogP contribution < -0.4 is 11.1 Å². The quantitative estimate of drug-likeness (QED) is 0.542. The highest BCUT2D eigenvalue weighted by atomic mass is 32.1. The summed E-state index contributed by atoms with van der Waals surface area (Å²) in [6, 6.07) is 12.8. The summed E-state index contributed by atoms with van der Waals surface area (Å²) in [5, 5.41) is 5.28. The van der Waals surface area contributed by atoms with E-state index in [-0.39, 0.29) is 0 Å². The Morgan fingerprint density at radius 1 is 1.17 bits per heavy atom. The van der Waals surface area contributed by atoms with Crippen LogP contribution in [0, 0.1) is 0 Å². The summed E-state index contributed by atoms with van der Waals surface area (Å²) < 4.78 is 0. The predicted molar refractivity (Wildman–Crippen MR) is 104 cm³/mol. The van der Waals surface area contributed by atoms with Gasteiger partial charge in [-0.1, -0.05) is 44.2 Å². The largest absolute Gasteiger partial charge is 0.370 e. The van der Waals surface area contributed by atoms with Crippen LogP contribution in [0.25, 0.3) is 0 Å². The standard InChI is InChI=1S/C19H28N4S/c1-3-23(4-2)15-17-8-5-7-16(13-17)14-22-19(20)21-11-10-18-9-6-12-24-18/h5-9,12-13H,3-4,10-11,14-15H2,1-2H3,(H3,20,21,22). The molecule has 0 fully saturated rings. The molecule has 1 heterocycles. The van der Waals surface area contributed by atoms with E-state index in [2.05, 4.69) is 70.8 Å². The average molecular weight is 345 g/mol. The number of thiophene rings is 1. The molecule has 0 aliphatic rings. The molecule has 0 saturated heterocycles. The zero-order valence-corrected chi connectivity index (χ0v) is 15.5. The van der Waals surface area contributed by atoms with Crippen molar-refractivity contribution in [3.63, 3.8) is 0 Å². The second-order valence-corrected chi connectivity index (χ2v) is 6.77. The van der Waals surface area contributed by atoms with E-state index in [1.54, 1.807) is 11.3 Å². The lowest BCUT2D eigenvalue weighted by molar-refractivity contribution is 0.296. The van der Waals surface area contributed by atoms with E-state index >= 15 is 0 Å². The van der Waals surface area contributed by atoms with Crippen molar-refractivity contribution in [3.05, 3.63) is 57.8 Å². The van der Waals surface area contributed by atoms with Crippen LogP contribution in [0.5, 0.6) is 0 Å². The lowest BCUT2D eigenvalue weighted by Crippen LogP contribution is -2.33. The number of aliphatic imine (C=N–C) groups is 1. The summed E-state index contributed by atoms with van der Waals surface area (Å²) in [4.78, 5) is 8.21. The molecule has 5 heteroatoms. The van der Waals surface area contributed by atoms with E-state index in [0.717, 1.165) is 32.6 Å². The molecule has 0 unspecified atom stereocenters. The topological polar surface area (TPSA) is 53.6 Å². The van der Waals surface area contributed by atoms with E-state index in [1.807, 2.05) is 0 Å². The Labute approximate surface area is 149 Å². The third kappa shape index (κ3) is 6.34. The van der Waals surface area contributed by atoms with Gasteiger partial charge in [0, 0.05) is 18.0 Å². The fraction of sp³-hybridized carbons (Fsp3) is 0.421. The van der Waals surface area contributed by atoms with Crippen molar-refractivity contribution in [1.82, 2.24) is 10.2 Å². The van der Waals surface area contributed by atoms with Crippen molar-refractivity contribution >= 4 is 17.3 Å². The fourth-order valence-corrected chi connectivity index (χ4v) is 3.24. The molecule has 0 saturated carbocycles. The van der Waals surface area contributed by atoms with Gasteiger partial charge in [0.05, 0.1) is 6.54 Å². The van der Waals surface area contributed by atoms with Gasteiger partial charge in [-0.25, -0.2) is 4.99 Å². The second kappa shape index (κ2) is 10.1. The molecule has 3 N–H and O–H groups in total. The minimum absolute atomic E-state index is 0.515. The molecule has 0 atom stereocenters. The van der Waals surface area contributed by atoms with Gasteiger partial charge in [0.2, 0.25) is 0 Å². The van der Waals surface area contributed by atoms with Crippen LogP contribution in [0.4, 0.5) is 0 Å². The summed E-state index contributed by atoms with van der Waals surface area (Å²) in [6.45, 7) is 8.95. The van der Waals surface area contributed by atoms with Gasteiger partial charge in [0.1, 0.15) is 0 Å². The minimum atomic E-state index is 0.515. The first kappa shape index (κ1) is 18.5. The summed E-state index contributed by atoms with van der Waals surface area (Å²) in [6.07, 6.45) is 0.979. The monoisotopic (exact) mass is 344 g/mol. The van der Waals surface area contributed by atoms with Gasteiger partial charge in [0.25, 0.3) is 0 Å². The molecule has 0 spiro atoms. The zero-order chi connectivity index (χ0) is 17.2. The van der Waals surface area contributed by atoms with Crippen LogP contribution in [0.2, 0.25) is 0 Å². The van der Waals surface area contributed by atoms with Gasteiger partial charge in [0.15, 0.2) is 5.96 Å². The van der Waals surface area contributed by atoms with Gasteiger partial charge in [-0.3, -0.25) is 4.90 Å². The molecule has 0 radical (unpaired) electrons. The Morgan fingerprint density at radius 2 is 1.96 bits per heavy atom. The van der Waals surface area contributed by atoms with Crippen LogP contribution in [-0.2, 0) is 19.5 Å².